The molecule has 41 heavy (non-hydrogen) atoms. The summed E-state index contributed by atoms with van der Waals surface area (Å²) in [5, 5.41) is 14.8. The summed E-state index contributed by atoms with van der Waals surface area (Å²) in [6.45, 7) is 2.21. The number of halogens is 5. The third-order valence-corrected chi connectivity index (χ3v) is 7.39. The summed E-state index contributed by atoms with van der Waals surface area (Å²) in [7, 11) is 1.70. The number of aryl methyl sites for hydroxylation is 2. The zero-order valence-electron chi connectivity index (χ0n) is 22.5. The number of carbonyl (C=O) groups is 1. The standard InChI is InChI=1S/C29H29F5N6O/c1-3-40-16-23(26(37-40)29(32,33)34)20-10-17(15-39-9-8-38(2)28(39)35)11-21(12-20)27(41)36-14-22(18-4-5-18)19-6-7-24(30)25(31)13-19/h6-13,16,18,22,35H,3-5,14-15H2,1-2H3,(H,36,41)/t22-/m0/s1. The van der Waals surface area contributed by atoms with Gasteiger partial charge >= 0.3 is 6.18 Å². The molecule has 1 aliphatic rings. The van der Waals surface area contributed by atoms with Gasteiger partial charge in [0.2, 0.25) is 5.62 Å². The average Bonchev–Trinajstić information content (AvgIpc) is 3.59. The summed E-state index contributed by atoms with van der Waals surface area (Å²) in [6.07, 6.45) is 1.74. The number of imidazole rings is 1. The van der Waals surface area contributed by atoms with Gasteiger partial charge in [-0.1, -0.05) is 6.07 Å². The molecule has 1 saturated carbocycles. The maximum atomic E-state index is 13.9. The van der Waals surface area contributed by atoms with Crippen LogP contribution in [0.5, 0.6) is 0 Å². The van der Waals surface area contributed by atoms with Crippen molar-refractivity contribution in [2.24, 2.45) is 13.0 Å². The first-order valence-corrected chi connectivity index (χ1v) is 13.2. The van der Waals surface area contributed by atoms with Crippen LogP contribution in [0.2, 0.25) is 0 Å². The number of alkyl halides is 3. The van der Waals surface area contributed by atoms with Crippen LogP contribution in [0.1, 0.15) is 52.9 Å². The number of carbonyl (C=O) groups excluding carboxylic acids is 1. The topological polar surface area (TPSA) is 80.6 Å². The molecular formula is C29H29F5N6O. The van der Waals surface area contributed by atoms with Crippen molar-refractivity contribution >= 4 is 5.91 Å². The van der Waals surface area contributed by atoms with Crippen LogP contribution < -0.4 is 10.9 Å². The van der Waals surface area contributed by atoms with Gasteiger partial charge in [0.25, 0.3) is 5.91 Å². The van der Waals surface area contributed by atoms with Gasteiger partial charge in [0.15, 0.2) is 17.3 Å². The smallest absolute Gasteiger partial charge is 0.351 e. The van der Waals surface area contributed by atoms with Crippen LogP contribution in [-0.2, 0) is 26.3 Å². The van der Waals surface area contributed by atoms with E-state index >= 15 is 0 Å². The van der Waals surface area contributed by atoms with E-state index in [1.165, 1.54) is 23.0 Å². The first-order chi connectivity index (χ1) is 19.4. The highest BCUT2D eigenvalue weighted by atomic mass is 19.4. The van der Waals surface area contributed by atoms with Crippen molar-refractivity contribution in [1.29, 1.82) is 5.41 Å². The molecule has 12 heteroatoms. The second-order valence-corrected chi connectivity index (χ2v) is 10.4. The molecule has 2 N–H and O–H groups in total. The number of amides is 1. The highest BCUT2D eigenvalue weighted by Crippen LogP contribution is 2.42. The summed E-state index contributed by atoms with van der Waals surface area (Å²) in [6, 6.07) is 8.26. The molecule has 1 amide bonds. The molecule has 2 aromatic heterocycles. The van der Waals surface area contributed by atoms with Gasteiger partial charge in [0.1, 0.15) is 0 Å². The van der Waals surface area contributed by atoms with Gasteiger partial charge in [-0.25, -0.2) is 8.78 Å². The second kappa shape index (κ2) is 11.0. The molecule has 0 spiro atoms. The largest absolute Gasteiger partial charge is 0.435 e. The third kappa shape index (κ3) is 6.10. The summed E-state index contributed by atoms with van der Waals surface area (Å²) in [5.41, 5.74) is 0.371. The number of hydrogen-bond acceptors (Lipinski definition) is 3. The fraction of sp³-hybridized carbons (Fsp3) is 0.345. The number of nitrogens with zero attached hydrogens (tertiary/aromatic N) is 4. The van der Waals surface area contributed by atoms with Crippen molar-refractivity contribution in [1.82, 2.24) is 24.2 Å². The molecule has 1 atom stereocenters. The van der Waals surface area contributed by atoms with Crippen LogP contribution in [0.4, 0.5) is 22.0 Å². The molecule has 2 aromatic carbocycles. The van der Waals surface area contributed by atoms with Crippen LogP contribution >= 0.6 is 0 Å². The Morgan fingerprint density at radius 2 is 1.88 bits per heavy atom. The van der Waals surface area contributed by atoms with Gasteiger partial charge < -0.3 is 14.5 Å². The average molecular weight is 573 g/mol. The number of hydrogen-bond donors (Lipinski definition) is 2. The lowest BCUT2D eigenvalue weighted by Crippen LogP contribution is -2.29. The van der Waals surface area contributed by atoms with Crippen LogP contribution in [0.3, 0.4) is 0 Å². The molecule has 0 unspecified atom stereocenters. The Balaban J connectivity index is 1.49. The first kappa shape index (κ1) is 28.3. The van der Waals surface area contributed by atoms with E-state index in [1.807, 2.05) is 0 Å². The Labute approximate surface area is 232 Å². The van der Waals surface area contributed by atoms with Crippen molar-refractivity contribution in [3.63, 3.8) is 0 Å². The highest BCUT2D eigenvalue weighted by Gasteiger charge is 2.38. The minimum absolute atomic E-state index is 0.137. The Morgan fingerprint density at radius 3 is 2.49 bits per heavy atom. The van der Waals surface area contributed by atoms with Gasteiger partial charge in [-0.3, -0.25) is 14.9 Å². The molecule has 4 aromatic rings. The molecular weight excluding hydrogens is 543 g/mol. The van der Waals surface area contributed by atoms with Gasteiger partial charge in [0, 0.05) is 55.8 Å². The van der Waals surface area contributed by atoms with E-state index in [9.17, 15) is 26.7 Å². The van der Waals surface area contributed by atoms with Crippen LogP contribution in [0.25, 0.3) is 11.1 Å². The van der Waals surface area contributed by atoms with E-state index in [2.05, 4.69) is 10.4 Å². The molecule has 0 aliphatic heterocycles. The monoisotopic (exact) mass is 572 g/mol. The van der Waals surface area contributed by atoms with Crippen molar-refractivity contribution < 1.29 is 26.7 Å². The number of nitrogens with one attached hydrogen (secondary N) is 2. The fourth-order valence-corrected chi connectivity index (χ4v) is 5.03. The summed E-state index contributed by atoms with van der Waals surface area (Å²) in [5.74, 6) is -2.45. The summed E-state index contributed by atoms with van der Waals surface area (Å²) < 4.78 is 73.6. The van der Waals surface area contributed by atoms with Crippen molar-refractivity contribution in [2.75, 3.05) is 6.54 Å². The van der Waals surface area contributed by atoms with E-state index < -0.39 is 29.4 Å². The Kier molecular flexibility index (Phi) is 7.58. The summed E-state index contributed by atoms with van der Waals surface area (Å²) >= 11 is 0. The number of rotatable bonds is 9. The Bertz CT molecular complexity index is 1650. The van der Waals surface area contributed by atoms with Crippen LogP contribution in [0, 0.1) is 23.0 Å². The molecule has 1 fully saturated rings. The van der Waals surface area contributed by atoms with E-state index in [0.29, 0.717) is 11.1 Å². The lowest BCUT2D eigenvalue weighted by Gasteiger charge is -2.18. The first-order valence-electron chi connectivity index (χ1n) is 13.2. The highest BCUT2D eigenvalue weighted by molar-refractivity contribution is 5.96. The van der Waals surface area contributed by atoms with Crippen molar-refractivity contribution in [3.05, 3.63) is 94.6 Å². The molecule has 0 saturated heterocycles. The predicted octanol–water partition coefficient (Wildman–Crippen LogP) is 5.46. The molecule has 5 rings (SSSR count). The molecule has 7 nitrogen and oxygen atoms in total. The number of aromatic nitrogens is 4. The molecule has 216 valence electrons. The van der Waals surface area contributed by atoms with Gasteiger partial charge in [-0.15, -0.1) is 0 Å². The Hall–Kier alpha value is -4.22. The van der Waals surface area contributed by atoms with E-state index in [1.54, 1.807) is 47.6 Å². The molecule has 0 radical (unpaired) electrons. The lowest BCUT2D eigenvalue weighted by molar-refractivity contribution is -0.141. The SMILES string of the molecule is CCn1cc(-c2cc(Cn3ccn(C)c3=N)cc(C(=O)NC[C@H](c3ccc(F)c(F)c3)C3CC3)c2)c(C(F)(F)F)n1. The Morgan fingerprint density at radius 1 is 1.12 bits per heavy atom. The maximum absolute atomic E-state index is 13.9. The van der Waals surface area contributed by atoms with Crippen molar-refractivity contribution in [3.8, 4) is 11.1 Å². The van der Waals surface area contributed by atoms with E-state index in [-0.39, 0.29) is 53.8 Å². The lowest BCUT2D eigenvalue weighted by atomic mass is 9.93. The van der Waals surface area contributed by atoms with Gasteiger partial charge in [-0.2, -0.15) is 18.3 Å². The third-order valence-electron chi connectivity index (χ3n) is 7.39. The zero-order chi connectivity index (χ0) is 29.5. The predicted molar refractivity (Wildman–Crippen MR) is 141 cm³/mol. The number of benzene rings is 2. The minimum atomic E-state index is -4.71. The molecule has 0 bridgehead atoms. The maximum Gasteiger partial charge on any atom is 0.435 e. The minimum Gasteiger partial charge on any atom is -0.351 e. The zero-order valence-corrected chi connectivity index (χ0v) is 22.5. The second-order valence-electron chi connectivity index (χ2n) is 10.4. The van der Waals surface area contributed by atoms with Crippen molar-refractivity contribution in [2.45, 2.75) is 44.9 Å². The normalized spacial score (nSPS) is 14.3. The van der Waals surface area contributed by atoms with E-state index in [4.69, 9.17) is 5.41 Å². The quantitative estimate of drug-likeness (QED) is 0.261. The summed E-state index contributed by atoms with van der Waals surface area (Å²) in [4.78, 5) is 13.4. The molecule has 1 aliphatic carbocycles. The van der Waals surface area contributed by atoms with E-state index in [0.717, 1.165) is 25.0 Å². The van der Waals surface area contributed by atoms with Gasteiger partial charge in [0.05, 0.1) is 6.54 Å². The van der Waals surface area contributed by atoms with Crippen LogP contribution in [-0.4, -0.2) is 31.4 Å². The fourth-order valence-electron chi connectivity index (χ4n) is 5.03. The van der Waals surface area contributed by atoms with Crippen LogP contribution in [0.15, 0.2) is 55.0 Å². The van der Waals surface area contributed by atoms with Gasteiger partial charge in [-0.05, 0) is 72.7 Å². The molecule has 2 heterocycles.